The number of alkyl halides is 1. The third-order valence-electron chi connectivity index (χ3n) is 3.48. The van der Waals surface area contributed by atoms with Crippen LogP contribution in [0.15, 0.2) is 30.3 Å². The van der Waals surface area contributed by atoms with E-state index >= 15 is 0 Å². The number of likely N-dealkylation sites (tertiary alicyclic amines) is 1. The van der Waals surface area contributed by atoms with E-state index in [0.29, 0.717) is 12.8 Å². The average molecular weight is 221 g/mol. The van der Waals surface area contributed by atoms with Crippen molar-refractivity contribution in [1.82, 2.24) is 4.90 Å². The lowest BCUT2D eigenvalue weighted by Gasteiger charge is -2.36. The van der Waals surface area contributed by atoms with Crippen molar-refractivity contribution in [3.8, 4) is 0 Å². The molecule has 0 atom stereocenters. The second kappa shape index (κ2) is 4.96. The van der Waals surface area contributed by atoms with Crippen LogP contribution in [0.3, 0.4) is 0 Å². The van der Waals surface area contributed by atoms with Crippen LogP contribution in [0.2, 0.25) is 0 Å². The molecule has 1 aromatic rings. The van der Waals surface area contributed by atoms with Crippen LogP contribution >= 0.6 is 0 Å². The third kappa shape index (κ3) is 2.43. The molecule has 1 heterocycles. The fraction of sp³-hybridized carbons (Fsp3) is 0.571. The quantitative estimate of drug-likeness (QED) is 0.756. The summed E-state index contributed by atoms with van der Waals surface area (Å²) in [5.41, 5.74) is -0.239. The Morgan fingerprint density at radius 2 is 1.81 bits per heavy atom. The molecular weight excluding hydrogens is 201 g/mol. The largest absolute Gasteiger partial charge is 0.303 e. The standard InChI is InChI=1S/C14H20FN/c1-2-10-16-11-8-14(15,9-12-16)13-6-4-3-5-7-13/h3-7H,2,8-12H2,1H3. The van der Waals surface area contributed by atoms with Crippen LogP contribution in [-0.2, 0) is 5.67 Å². The third-order valence-corrected chi connectivity index (χ3v) is 3.48. The van der Waals surface area contributed by atoms with E-state index in [9.17, 15) is 4.39 Å². The summed E-state index contributed by atoms with van der Waals surface area (Å²) < 4.78 is 14.7. The summed E-state index contributed by atoms with van der Waals surface area (Å²) in [7, 11) is 0. The van der Waals surface area contributed by atoms with E-state index in [1.54, 1.807) is 0 Å². The lowest BCUT2D eigenvalue weighted by molar-refractivity contribution is 0.0561. The molecule has 2 heteroatoms. The van der Waals surface area contributed by atoms with Crippen LogP contribution in [0.4, 0.5) is 4.39 Å². The van der Waals surface area contributed by atoms with Gasteiger partial charge in [0.05, 0.1) is 0 Å². The monoisotopic (exact) mass is 221 g/mol. The maximum absolute atomic E-state index is 14.7. The first-order chi connectivity index (χ1) is 7.74. The molecule has 0 N–H and O–H groups in total. The van der Waals surface area contributed by atoms with Crippen LogP contribution in [0.5, 0.6) is 0 Å². The first-order valence-corrected chi connectivity index (χ1v) is 6.21. The van der Waals surface area contributed by atoms with Crippen molar-refractivity contribution in [2.24, 2.45) is 0 Å². The van der Waals surface area contributed by atoms with Gasteiger partial charge in [0, 0.05) is 13.1 Å². The van der Waals surface area contributed by atoms with E-state index in [-0.39, 0.29) is 0 Å². The Bertz CT molecular complexity index is 315. The lowest BCUT2D eigenvalue weighted by atomic mass is 9.86. The van der Waals surface area contributed by atoms with E-state index in [1.807, 2.05) is 30.3 Å². The Labute approximate surface area is 97.3 Å². The minimum Gasteiger partial charge on any atom is -0.303 e. The molecule has 1 saturated heterocycles. The highest BCUT2D eigenvalue weighted by Crippen LogP contribution is 2.36. The number of hydrogen-bond donors (Lipinski definition) is 0. The Hall–Kier alpha value is -0.890. The summed E-state index contributed by atoms with van der Waals surface area (Å²) in [6.07, 6.45) is 2.43. The van der Waals surface area contributed by atoms with Gasteiger partial charge < -0.3 is 4.90 Å². The molecule has 0 amide bonds. The van der Waals surface area contributed by atoms with Gasteiger partial charge in [0.1, 0.15) is 5.67 Å². The molecular formula is C14H20FN. The van der Waals surface area contributed by atoms with Crippen molar-refractivity contribution in [2.75, 3.05) is 19.6 Å². The van der Waals surface area contributed by atoms with Crippen LogP contribution in [0.1, 0.15) is 31.7 Å². The number of piperidine rings is 1. The predicted octanol–water partition coefficient (Wildman–Crippen LogP) is 3.36. The Morgan fingerprint density at radius 3 is 2.38 bits per heavy atom. The summed E-state index contributed by atoms with van der Waals surface area (Å²) in [6.45, 7) is 5.05. The molecule has 0 unspecified atom stereocenters. The maximum Gasteiger partial charge on any atom is 0.138 e. The highest BCUT2D eigenvalue weighted by molar-refractivity contribution is 5.23. The van der Waals surface area contributed by atoms with Gasteiger partial charge in [-0.25, -0.2) is 4.39 Å². The van der Waals surface area contributed by atoms with Gasteiger partial charge in [0.2, 0.25) is 0 Å². The smallest absolute Gasteiger partial charge is 0.138 e. The van der Waals surface area contributed by atoms with E-state index in [1.165, 1.54) is 0 Å². The zero-order valence-electron chi connectivity index (χ0n) is 9.95. The van der Waals surface area contributed by atoms with E-state index in [0.717, 1.165) is 31.6 Å². The van der Waals surface area contributed by atoms with Crippen LogP contribution in [-0.4, -0.2) is 24.5 Å². The fourth-order valence-electron chi connectivity index (χ4n) is 2.47. The Balaban J connectivity index is 2.01. The van der Waals surface area contributed by atoms with Crippen molar-refractivity contribution < 1.29 is 4.39 Å². The van der Waals surface area contributed by atoms with Gasteiger partial charge in [0.15, 0.2) is 0 Å². The number of rotatable bonds is 3. The number of benzene rings is 1. The van der Waals surface area contributed by atoms with Gasteiger partial charge in [-0.15, -0.1) is 0 Å². The second-order valence-electron chi connectivity index (χ2n) is 4.67. The van der Waals surface area contributed by atoms with Crippen LogP contribution < -0.4 is 0 Å². The molecule has 0 spiro atoms. The lowest BCUT2D eigenvalue weighted by Crippen LogP contribution is -2.40. The van der Waals surface area contributed by atoms with Gasteiger partial charge in [-0.2, -0.15) is 0 Å². The van der Waals surface area contributed by atoms with E-state index in [2.05, 4.69) is 11.8 Å². The van der Waals surface area contributed by atoms with Crippen LogP contribution in [0.25, 0.3) is 0 Å². The SMILES string of the molecule is CCCN1CCC(F)(c2ccccc2)CC1. The average Bonchev–Trinajstić information content (AvgIpc) is 2.34. The van der Waals surface area contributed by atoms with Gasteiger partial charge in [-0.1, -0.05) is 37.3 Å². The molecule has 1 aliphatic rings. The molecule has 88 valence electrons. The fourth-order valence-corrected chi connectivity index (χ4v) is 2.47. The highest BCUT2D eigenvalue weighted by atomic mass is 19.1. The maximum atomic E-state index is 14.7. The molecule has 1 aliphatic heterocycles. The van der Waals surface area contributed by atoms with Crippen LogP contribution in [0, 0.1) is 0 Å². The highest BCUT2D eigenvalue weighted by Gasteiger charge is 2.35. The van der Waals surface area contributed by atoms with Crippen molar-refractivity contribution >= 4 is 0 Å². The zero-order chi connectivity index (χ0) is 11.4. The number of hydrogen-bond acceptors (Lipinski definition) is 1. The molecule has 0 aliphatic carbocycles. The molecule has 0 aromatic heterocycles. The second-order valence-corrected chi connectivity index (χ2v) is 4.67. The van der Waals surface area contributed by atoms with Gasteiger partial charge >= 0.3 is 0 Å². The first kappa shape index (κ1) is 11.6. The van der Waals surface area contributed by atoms with Crippen molar-refractivity contribution in [3.05, 3.63) is 35.9 Å². The van der Waals surface area contributed by atoms with E-state index < -0.39 is 5.67 Å². The van der Waals surface area contributed by atoms with Gasteiger partial charge in [-0.05, 0) is 31.4 Å². The number of nitrogens with zero attached hydrogens (tertiary/aromatic N) is 1. The van der Waals surface area contributed by atoms with Gasteiger partial charge in [0.25, 0.3) is 0 Å². The number of halogens is 1. The molecule has 1 nitrogen and oxygen atoms in total. The first-order valence-electron chi connectivity index (χ1n) is 6.21. The van der Waals surface area contributed by atoms with Crippen molar-refractivity contribution in [3.63, 3.8) is 0 Å². The summed E-state index contributed by atoms with van der Waals surface area (Å²) in [5.74, 6) is 0. The Kier molecular flexibility index (Phi) is 3.59. The minimum atomic E-state index is -1.09. The van der Waals surface area contributed by atoms with Gasteiger partial charge in [-0.3, -0.25) is 0 Å². The summed E-state index contributed by atoms with van der Waals surface area (Å²) in [4.78, 5) is 2.36. The topological polar surface area (TPSA) is 3.24 Å². The molecule has 2 rings (SSSR count). The molecule has 0 saturated carbocycles. The summed E-state index contributed by atoms with van der Waals surface area (Å²) >= 11 is 0. The molecule has 1 fully saturated rings. The summed E-state index contributed by atoms with van der Waals surface area (Å²) in [6, 6.07) is 9.62. The summed E-state index contributed by atoms with van der Waals surface area (Å²) in [5, 5.41) is 0. The predicted molar refractivity (Wildman–Crippen MR) is 65.2 cm³/mol. The Morgan fingerprint density at radius 1 is 1.19 bits per heavy atom. The molecule has 0 bridgehead atoms. The zero-order valence-corrected chi connectivity index (χ0v) is 9.95. The molecule has 1 aromatic carbocycles. The normalized spacial score (nSPS) is 20.9. The van der Waals surface area contributed by atoms with Crippen molar-refractivity contribution in [2.45, 2.75) is 31.9 Å². The van der Waals surface area contributed by atoms with Crippen molar-refractivity contribution in [1.29, 1.82) is 0 Å². The minimum absolute atomic E-state index is 0.636. The molecule has 0 radical (unpaired) electrons. The molecule has 16 heavy (non-hydrogen) atoms. The van der Waals surface area contributed by atoms with E-state index in [4.69, 9.17) is 0 Å².